The number of methoxy groups -OCH3 is 1. The highest BCUT2D eigenvalue weighted by Crippen LogP contribution is 2.38. The van der Waals surface area contributed by atoms with E-state index in [1.807, 2.05) is 30.0 Å². The van der Waals surface area contributed by atoms with Crippen LogP contribution < -0.4 is 10.5 Å². The zero-order valence-electron chi connectivity index (χ0n) is 11.5. The number of hydrogen-bond donors (Lipinski definition) is 1. The van der Waals surface area contributed by atoms with E-state index < -0.39 is 0 Å². The van der Waals surface area contributed by atoms with Crippen LogP contribution in [0.2, 0.25) is 0 Å². The van der Waals surface area contributed by atoms with Crippen LogP contribution in [0.1, 0.15) is 29.3 Å². The summed E-state index contributed by atoms with van der Waals surface area (Å²) >= 11 is 1.88. The van der Waals surface area contributed by atoms with Crippen LogP contribution in [0.3, 0.4) is 0 Å². The average molecular weight is 289 g/mol. The first kappa shape index (κ1) is 13.6. The number of aryl methyl sites for hydroxylation is 1. The Morgan fingerprint density at radius 1 is 1.40 bits per heavy atom. The van der Waals surface area contributed by atoms with E-state index >= 15 is 0 Å². The summed E-state index contributed by atoms with van der Waals surface area (Å²) in [5.41, 5.74) is 9.03. The number of nitrogens with two attached hydrogens (primary N) is 1. The smallest absolute Gasteiger partial charge is 0.119 e. The summed E-state index contributed by atoms with van der Waals surface area (Å²) < 4.78 is 10.7. The van der Waals surface area contributed by atoms with Crippen molar-refractivity contribution in [1.29, 1.82) is 0 Å². The Kier molecular flexibility index (Phi) is 4.03. The molecule has 0 bridgehead atoms. The predicted octanol–water partition coefficient (Wildman–Crippen LogP) is 3.54. The first-order chi connectivity index (χ1) is 9.78. The Morgan fingerprint density at radius 3 is 3.05 bits per heavy atom. The van der Waals surface area contributed by atoms with Gasteiger partial charge in [0, 0.05) is 11.3 Å². The number of benzene rings is 1. The molecule has 0 aliphatic heterocycles. The summed E-state index contributed by atoms with van der Waals surface area (Å²) in [5, 5.41) is 0.430. The first-order valence-corrected chi connectivity index (χ1v) is 7.89. The largest absolute Gasteiger partial charge is 0.497 e. The monoisotopic (exact) mass is 289 g/mol. The second-order valence-corrected chi connectivity index (χ2v) is 6.29. The topological polar surface area (TPSA) is 48.4 Å². The van der Waals surface area contributed by atoms with Crippen molar-refractivity contribution in [2.45, 2.75) is 29.9 Å². The number of fused-ring (bicyclic) bond motifs is 1. The van der Waals surface area contributed by atoms with Crippen molar-refractivity contribution >= 4 is 11.8 Å². The molecule has 20 heavy (non-hydrogen) atoms. The van der Waals surface area contributed by atoms with E-state index in [9.17, 15) is 0 Å². The molecule has 0 fully saturated rings. The van der Waals surface area contributed by atoms with Gasteiger partial charge >= 0.3 is 0 Å². The number of hydrogen-bond acceptors (Lipinski definition) is 4. The predicted molar refractivity (Wildman–Crippen MR) is 82.0 cm³/mol. The van der Waals surface area contributed by atoms with Crippen LogP contribution in [-0.2, 0) is 12.2 Å². The lowest BCUT2D eigenvalue weighted by atomic mass is 9.87. The van der Waals surface area contributed by atoms with Crippen LogP contribution in [0.15, 0.2) is 41.0 Å². The first-order valence-electron chi connectivity index (χ1n) is 6.84. The SMILES string of the molecule is COc1ccc2c(c1)C(N)C(SCc1ccco1)CC2. The van der Waals surface area contributed by atoms with Crippen molar-refractivity contribution in [1.82, 2.24) is 0 Å². The van der Waals surface area contributed by atoms with Crippen molar-refractivity contribution in [2.75, 3.05) is 7.11 Å². The number of furan rings is 1. The quantitative estimate of drug-likeness (QED) is 0.935. The summed E-state index contributed by atoms with van der Waals surface area (Å²) in [7, 11) is 1.69. The molecule has 0 saturated heterocycles. The van der Waals surface area contributed by atoms with Gasteiger partial charge in [-0.2, -0.15) is 0 Å². The van der Waals surface area contributed by atoms with E-state index in [2.05, 4.69) is 12.1 Å². The van der Waals surface area contributed by atoms with Crippen molar-refractivity contribution in [2.24, 2.45) is 5.73 Å². The zero-order chi connectivity index (χ0) is 13.9. The molecule has 1 aromatic carbocycles. The molecule has 3 rings (SSSR count). The highest BCUT2D eigenvalue weighted by molar-refractivity contribution is 7.99. The molecule has 1 heterocycles. The average Bonchev–Trinajstić information content (AvgIpc) is 3.00. The van der Waals surface area contributed by atoms with E-state index in [0.717, 1.165) is 30.1 Å². The van der Waals surface area contributed by atoms with Gasteiger partial charge in [-0.3, -0.25) is 0 Å². The molecule has 4 heteroatoms. The fourth-order valence-electron chi connectivity index (χ4n) is 2.69. The van der Waals surface area contributed by atoms with E-state index in [0.29, 0.717) is 5.25 Å². The summed E-state index contributed by atoms with van der Waals surface area (Å²) in [6.45, 7) is 0. The van der Waals surface area contributed by atoms with Crippen LogP contribution in [-0.4, -0.2) is 12.4 Å². The fourth-order valence-corrected chi connectivity index (χ4v) is 3.87. The molecule has 1 aromatic heterocycles. The standard InChI is InChI=1S/C16H19NO2S/c1-18-12-6-4-11-5-7-15(16(17)14(11)9-12)20-10-13-3-2-8-19-13/h2-4,6,8-9,15-16H,5,7,10,17H2,1H3. The van der Waals surface area contributed by atoms with Crippen molar-refractivity contribution in [3.05, 3.63) is 53.5 Å². The van der Waals surface area contributed by atoms with Crippen LogP contribution in [0, 0.1) is 0 Å². The van der Waals surface area contributed by atoms with Crippen molar-refractivity contribution in [3.63, 3.8) is 0 Å². The van der Waals surface area contributed by atoms with Gasteiger partial charge in [-0.25, -0.2) is 0 Å². The normalized spacial score (nSPS) is 21.5. The maximum Gasteiger partial charge on any atom is 0.119 e. The molecule has 2 N–H and O–H groups in total. The lowest BCUT2D eigenvalue weighted by Crippen LogP contribution is -2.29. The minimum atomic E-state index is 0.0637. The van der Waals surface area contributed by atoms with Gasteiger partial charge in [0.25, 0.3) is 0 Å². The summed E-state index contributed by atoms with van der Waals surface area (Å²) in [5.74, 6) is 2.78. The van der Waals surface area contributed by atoms with Crippen LogP contribution in [0.5, 0.6) is 5.75 Å². The minimum Gasteiger partial charge on any atom is -0.497 e. The molecular formula is C16H19NO2S. The van der Waals surface area contributed by atoms with Crippen molar-refractivity contribution < 1.29 is 9.15 Å². The number of thioether (sulfide) groups is 1. The molecule has 3 nitrogen and oxygen atoms in total. The Morgan fingerprint density at radius 2 is 2.30 bits per heavy atom. The van der Waals surface area contributed by atoms with Gasteiger partial charge in [0.05, 0.1) is 19.1 Å². The van der Waals surface area contributed by atoms with Gasteiger partial charge in [-0.1, -0.05) is 6.07 Å². The summed E-state index contributed by atoms with van der Waals surface area (Å²) in [4.78, 5) is 0. The molecule has 0 radical (unpaired) electrons. The van der Waals surface area contributed by atoms with Gasteiger partial charge < -0.3 is 14.9 Å². The van der Waals surface area contributed by atoms with E-state index in [1.54, 1.807) is 13.4 Å². The van der Waals surface area contributed by atoms with Gasteiger partial charge in [-0.05, 0) is 48.2 Å². The molecule has 1 aliphatic rings. The van der Waals surface area contributed by atoms with E-state index in [1.165, 1.54) is 11.1 Å². The lowest BCUT2D eigenvalue weighted by Gasteiger charge is -2.30. The fraction of sp³-hybridized carbons (Fsp3) is 0.375. The number of rotatable bonds is 4. The Balaban J connectivity index is 1.72. The Bertz CT molecular complexity index is 568. The van der Waals surface area contributed by atoms with Crippen LogP contribution in [0.25, 0.3) is 0 Å². The molecular weight excluding hydrogens is 270 g/mol. The summed E-state index contributed by atoms with van der Waals surface area (Å²) in [6.07, 6.45) is 3.92. The Labute approximate surface area is 123 Å². The number of ether oxygens (including phenoxy) is 1. The molecule has 1 aliphatic carbocycles. The summed E-state index contributed by atoms with van der Waals surface area (Å²) in [6, 6.07) is 10.2. The third-order valence-corrected chi connectivity index (χ3v) is 5.24. The van der Waals surface area contributed by atoms with Gasteiger partial charge in [0.1, 0.15) is 11.5 Å². The lowest BCUT2D eigenvalue weighted by molar-refractivity contribution is 0.412. The van der Waals surface area contributed by atoms with Crippen molar-refractivity contribution in [3.8, 4) is 5.75 Å². The third-order valence-electron chi connectivity index (χ3n) is 3.83. The molecule has 2 atom stereocenters. The second kappa shape index (κ2) is 5.94. The van der Waals surface area contributed by atoms with Crippen LogP contribution >= 0.6 is 11.8 Å². The molecule has 0 saturated carbocycles. The minimum absolute atomic E-state index is 0.0637. The highest BCUT2D eigenvalue weighted by atomic mass is 32.2. The Hall–Kier alpha value is -1.39. The molecule has 2 unspecified atom stereocenters. The zero-order valence-corrected chi connectivity index (χ0v) is 12.4. The van der Waals surface area contributed by atoms with Gasteiger partial charge in [-0.15, -0.1) is 11.8 Å². The highest BCUT2D eigenvalue weighted by Gasteiger charge is 2.27. The van der Waals surface area contributed by atoms with Crippen LogP contribution in [0.4, 0.5) is 0 Å². The van der Waals surface area contributed by atoms with Gasteiger partial charge in [0.15, 0.2) is 0 Å². The molecule has 2 aromatic rings. The molecule has 0 spiro atoms. The third kappa shape index (κ3) is 2.72. The maximum absolute atomic E-state index is 6.45. The van der Waals surface area contributed by atoms with E-state index in [-0.39, 0.29) is 6.04 Å². The maximum atomic E-state index is 6.45. The van der Waals surface area contributed by atoms with E-state index in [4.69, 9.17) is 14.9 Å². The van der Waals surface area contributed by atoms with Gasteiger partial charge in [0.2, 0.25) is 0 Å². The molecule has 106 valence electrons. The second-order valence-electron chi connectivity index (χ2n) is 5.06. The molecule has 0 amide bonds.